The van der Waals surface area contributed by atoms with Crippen LogP contribution in [0.15, 0.2) is 64.9 Å². The summed E-state index contributed by atoms with van der Waals surface area (Å²) in [5.41, 5.74) is 0.843. The van der Waals surface area contributed by atoms with Crippen molar-refractivity contribution in [2.75, 3.05) is 23.3 Å². The van der Waals surface area contributed by atoms with Gasteiger partial charge in [0.15, 0.2) is 17.3 Å². The van der Waals surface area contributed by atoms with Gasteiger partial charge in [0, 0.05) is 36.7 Å². The average molecular weight is 487 g/mol. The molecule has 0 saturated heterocycles. The molecule has 0 atom stereocenters. The summed E-state index contributed by atoms with van der Waals surface area (Å²) in [5.74, 6) is 0.551. The number of benzene rings is 2. The number of Topliss-reactive ketones (excluding diaryl/α,β-unsaturated/α-hetero) is 1. The smallest absolute Gasteiger partial charge is 0.262 e. The average Bonchev–Trinajstić information content (AvgIpc) is 3.24. The van der Waals surface area contributed by atoms with Crippen molar-refractivity contribution in [3.8, 4) is 11.5 Å². The van der Waals surface area contributed by atoms with Crippen molar-refractivity contribution in [3.05, 3.63) is 64.9 Å². The number of hydrogen-bond donors (Lipinski definition) is 2. The monoisotopic (exact) mass is 486 g/mol. The third-order valence-corrected chi connectivity index (χ3v) is 7.12. The molecule has 2 aromatic carbocycles. The van der Waals surface area contributed by atoms with E-state index in [0.717, 1.165) is 6.42 Å². The molecule has 3 aromatic rings. The first kappa shape index (κ1) is 22.8. The summed E-state index contributed by atoms with van der Waals surface area (Å²) in [4.78, 5) is 24.8. The van der Waals surface area contributed by atoms with E-state index >= 15 is 0 Å². The van der Waals surface area contributed by atoms with Crippen LogP contribution >= 0.6 is 11.3 Å². The van der Waals surface area contributed by atoms with Crippen LogP contribution in [-0.4, -0.2) is 33.3 Å². The van der Waals surface area contributed by atoms with Crippen molar-refractivity contribution in [2.45, 2.75) is 24.2 Å². The van der Waals surface area contributed by atoms with Crippen LogP contribution in [0.3, 0.4) is 0 Å². The van der Waals surface area contributed by atoms with Gasteiger partial charge in [0.05, 0.1) is 23.0 Å². The van der Waals surface area contributed by atoms with Crippen LogP contribution in [0.4, 0.5) is 11.4 Å². The molecule has 1 aliphatic heterocycles. The fourth-order valence-electron chi connectivity index (χ4n) is 3.16. The number of rotatable bonds is 8. The lowest BCUT2D eigenvalue weighted by molar-refractivity contribution is -0.116. The summed E-state index contributed by atoms with van der Waals surface area (Å²) >= 11 is 1.35. The van der Waals surface area contributed by atoms with E-state index in [1.165, 1.54) is 23.5 Å². The van der Waals surface area contributed by atoms with E-state index in [1.54, 1.807) is 42.5 Å². The van der Waals surface area contributed by atoms with Crippen LogP contribution in [0.25, 0.3) is 0 Å². The molecular formula is C23H22N2O6S2. The molecule has 1 aliphatic rings. The molecule has 0 fully saturated rings. The maximum atomic E-state index is 12.8. The molecule has 172 valence electrons. The van der Waals surface area contributed by atoms with Crippen molar-refractivity contribution >= 4 is 44.4 Å². The molecule has 0 saturated carbocycles. The summed E-state index contributed by atoms with van der Waals surface area (Å²) in [7, 11) is -3.84. The van der Waals surface area contributed by atoms with Gasteiger partial charge in [-0.15, -0.1) is 11.3 Å². The zero-order valence-corrected chi connectivity index (χ0v) is 19.2. The second-order valence-electron chi connectivity index (χ2n) is 7.29. The lowest BCUT2D eigenvalue weighted by Crippen LogP contribution is -2.14. The Morgan fingerprint density at radius 1 is 0.909 bits per heavy atom. The maximum Gasteiger partial charge on any atom is 0.262 e. The molecule has 33 heavy (non-hydrogen) atoms. The lowest BCUT2D eigenvalue weighted by atomic mass is 10.2. The third kappa shape index (κ3) is 5.91. The Balaban J connectivity index is 1.34. The summed E-state index contributed by atoms with van der Waals surface area (Å²) in [6.07, 6.45) is 0.915. The Morgan fingerprint density at radius 2 is 1.64 bits per heavy atom. The van der Waals surface area contributed by atoms with Gasteiger partial charge in [0.1, 0.15) is 0 Å². The number of anilines is 2. The zero-order valence-electron chi connectivity index (χ0n) is 17.6. The van der Waals surface area contributed by atoms with Crippen LogP contribution < -0.4 is 19.5 Å². The highest BCUT2D eigenvalue weighted by Gasteiger charge is 2.19. The number of hydrogen-bond acceptors (Lipinski definition) is 7. The first-order valence-corrected chi connectivity index (χ1v) is 12.7. The fraction of sp³-hybridized carbons (Fsp3) is 0.217. The second-order valence-corrected chi connectivity index (χ2v) is 9.92. The highest BCUT2D eigenvalue weighted by Crippen LogP contribution is 2.32. The molecule has 2 N–H and O–H groups in total. The van der Waals surface area contributed by atoms with E-state index in [2.05, 4.69) is 10.0 Å². The highest BCUT2D eigenvalue weighted by molar-refractivity contribution is 7.92. The van der Waals surface area contributed by atoms with Crippen LogP contribution in [0.1, 0.15) is 28.9 Å². The quantitative estimate of drug-likeness (QED) is 0.459. The van der Waals surface area contributed by atoms with Crippen molar-refractivity contribution < 1.29 is 27.5 Å². The van der Waals surface area contributed by atoms with E-state index in [9.17, 15) is 18.0 Å². The van der Waals surface area contributed by atoms with Crippen molar-refractivity contribution in [1.29, 1.82) is 0 Å². The predicted molar refractivity (Wildman–Crippen MR) is 126 cm³/mol. The number of nitrogens with one attached hydrogen (secondary N) is 2. The van der Waals surface area contributed by atoms with Gasteiger partial charge < -0.3 is 14.8 Å². The number of ketones is 1. The van der Waals surface area contributed by atoms with E-state index in [1.807, 2.05) is 5.38 Å². The Kier molecular flexibility index (Phi) is 6.95. The van der Waals surface area contributed by atoms with Crippen molar-refractivity contribution in [2.24, 2.45) is 0 Å². The standard InChI is InChI=1S/C23H22N2O6S2/c26-19(22-3-1-14-32-22)9-11-23(27)24-16-4-6-17(7-5-16)25-33(28,29)18-8-10-20-21(15-18)31-13-2-12-30-20/h1,3-8,10,14-15,25H,2,9,11-13H2,(H,24,27). The minimum atomic E-state index is -3.84. The minimum absolute atomic E-state index is 0.0551. The number of carbonyl (C=O) groups excluding carboxylic acids is 2. The summed E-state index contributed by atoms with van der Waals surface area (Å²) in [5, 5.41) is 4.53. The van der Waals surface area contributed by atoms with E-state index in [0.29, 0.717) is 41.0 Å². The molecule has 2 heterocycles. The molecule has 0 spiro atoms. The van der Waals surface area contributed by atoms with Crippen LogP contribution in [0, 0.1) is 0 Å². The molecule has 0 bridgehead atoms. The lowest BCUT2D eigenvalue weighted by Gasteiger charge is -2.12. The Morgan fingerprint density at radius 3 is 2.36 bits per heavy atom. The van der Waals surface area contributed by atoms with E-state index in [4.69, 9.17) is 9.47 Å². The maximum absolute atomic E-state index is 12.8. The zero-order chi connectivity index (χ0) is 23.3. The molecule has 10 heteroatoms. The summed E-state index contributed by atoms with van der Waals surface area (Å²) in [6.45, 7) is 0.977. The van der Waals surface area contributed by atoms with Crippen LogP contribution in [0.2, 0.25) is 0 Å². The Hall–Kier alpha value is -3.37. The van der Waals surface area contributed by atoms with Gasteiger partial charge in [-0.05, 0) is 47.8 Å². The number of fused-ring (bicyclic) bond motifs is 1. The number of thiophene rings is 1. The molecule has 8 nitrogen and oxygen atoms in total. The van der Waals surface area contributed by atoms with Gasteiger partial charge in [-0.1, -0.05) is 6.07 Å². The third-order valence-electron chi connectivity index (χ3n) is 4.83. The Bertz CT molecular complexity index is 1240. The molecule has 4 rings (SSSR count). The second kappa shape index (κ2) is 10.1. The first-order chi connectivity index (χ1) is 15.9. The van der Waals surface area contributed by atoms with Gasteiger partial charge in [0.25, 0.3) is 10.0 Å². The summed E-state index contributed by atoms with van der Waals surface area (Å²) < 4.78 is 39.2. The molecule has 1 aromatic heterocycles. The molecule has 0 aliphatic carbocycles. The van der Waals surface area contributed by atoms with Crippen molar-refractivity contribution in [1.82, 2.24) is 0 Å². The van der Waals surface area contributed by atoms with Gasteiger partial charge in [-0.25, -0.2) is 8.42 Å². The fourth-order valence-corrected chi connectivity index (χ4v) is 4.93. The SMILES string of the molecule is O=C(CCC(=O)c1cccs1)Nc1ccc(NS(=O)(=O)c2ccc3c(c2)OCCCO3)cc1. The van der Waals surface area contributed by atoms with Gasteiger partial charge in [-0.3, -0.25) is 14.3 Å². The van der Waals surface area contributed by atoms with E-state index in [-0.39, 0.29) is 29.4 Å². The van der Waals surface area contributed by atoms with Gasteiger partial charge in [0.2, 0.25) is 5.91 Å². The van der Waals surface area contributed by atoms with Gasteiger partial charge >= 0.3 is 0 Å². The van der Waals surface area contributed by atoms with Crippen molar-refractivity contribution in [3.63, 3.8) is 0 Å². The number of amides is 1. The normalized spacial score (nSPS) is 13.1. The molecule has 0 radical (unpaired) electrons. The Labute approximate surface area is 195 Å². The van der Waals surface area contributed by atoms with E-state index < -0.39 is 10.0 Å². The van der Waals surface area contributed by atoms with Crippen LogP contribution in [-0.2, 0) is 14.8 Å². The first-order valence-electron chi connectivity index (χ1n) is 10.3. The topological polar surface area (TPSA) is 111 Å². The van der Waals surface area contributed by atoms with Crippen LogP contribution in [0.5, 0.6) is 11.5 Å². The molecule has 1 amide bonds. The highest BCUT2D eigenvalue weighted by atomic mass is 32.2. The minimum Gasteiger partial charge on any atom is -0.490 e. The predicted octanol–water partition coefficient (Wildman–Crippen LogP) is 4.31. The molecular weight excluding hydrogens is 464 g/mol. The number of ether oxygens (including phenoxy) is 2. The summed E-state index contributed by atoms with van der Waals surface area (Å²) in [6, 6.07) is 14.3. The molecule has 0 unspecified atom stereocenters. The number of sulfonamides is 1. The number of carbonyl (C=O) groups is 2. The van der Waals surface area contributed by atoms with Gasteiger partial charge in [-0.2, -0.15) is 0 Å². The largest absolute Gasteiger partial charge is 0.490 e.